The molecule has 0 bridgehead atoms. The van der Waals surface area contributed by atoms with E-state index in [1.807, 2.05) is 12.1 Å². The standard InChI is InChI=1S/C15H17NO5S/c1-20-12-4-2-3-11-7-13(21-14(11)12)15(17)16-8-10-5-6-22(18,19)9-10/h2-4,7,10H,5-6,8-9H2,1H3,(H,16,17). The third kappa shape index (κ3) is 2.94. The maximum atomic E-state index is 12.1. The van der Waals surface area contributed by atoms with E-state index in [-0.39, 0.29) is 29.1 Å². The lowest BCUT2D eigenvalue weighted by Gasteiger charge is -2.08. The molecule has 1 aliphatic heterocycles. The van der Waals surface area contributed by atoms with Crippen LogP contribution in [-0.2, 0) is 9.84 Å². The lowest BCUT2D eigenvalue weighted by molar-refractivity contribution is 0.0922. The number of hydrogen-bond acceptors (Lipinski definition) is 5. The first-order chi connectivity index (χ1) is 10.5. The van der Waals surface area contributed by atoms with Crippen molar-refractivity contribution in [2.24, 2.45) is 5.92 Å². The van der Waals surface area contributed by atoms with Crippen LogP contribution in [0.4, 0.5) is 0 Å². The highest BCUT2D eigenvalue weighted by Crippen LogP contribution is 2.28. The summed E-state index contributed by atoms with van der Waals surface area (Å²) >= 11 is 0. The highest BCUT2D eigenvalue weighted by atomic mass is 32.2. The lowest BCUT2D eigenvalue weighted by atomic mass is 10.1. The van der Waals surface area contributed by atoms with Crippen LogP contribution in [0.5, 0.6) is 5.75 Å². The number of carbonyl (C=O) groups is 1. The molecule has 1 N–H and O–H groups in total. The second kappa shape index (κ2) is 5.64. The molecule has 118 valence electrons. The van der Waals surface area contributed by atoms with Crippen molar-refractivity contribution in [1.29, 1.82) is 0 Å². The van der Waals surface area contributed by atoms with Crippen molar-refractivity contribution in [1.82, 2.24) is 5.32 Å². The van der Waals surface area contributed by atoms with Crippen LogP contribution in [0, 0.1) is 5.92 Å². The van der Waals surface area contributed by atoms with Crippen molar-refractivity contribution in [2.45, 2.75) is 6.42 Å². The van der Waals surface area contributed by atoms with E-state index in [4.69, 9.17) is 9.15 Å². The van der Waals surface area contributed by atoms with Crippen LogP contribution in [0.3, 0.4) is 0 Å². The summed E-state index contributed by atoms with van der Waals surface area (Å²) in [6.07, 6.45) is 0.594. The van der Waals surface area contributed by atoms with Gasteiger partial charge in [-0.05, 0) is 24.5 Å². The predicted molar refractivity (Wildman–Crippen MR) is 81.9 cm³/mol. The number of hydrogen-bond donors (Lipinski definition) is 1. The van der Waals surface area contributed by atoms with Gasteiger partial charge in [0.1, 0.15) is 0 Å². The minimum atomic E-state index is -2.93. The quantitative estimate of drug-likeness (QED) is 0.924. The number of furan rings is 1. The molecule has 0 saturated carbocycles. The predicted octanol–water partition coefficient (Wildman–Crippen LogP) is 1.61. The van der Waals surface area contributed by atoms with Gasteiger partial charge in [-0.2, -0.15) is 0 Å². The van der Waals surface area contributed by atoms with Gasteiger partial charge in [0, 0.05) is 11.9 Å². The van der Waals surface area contributed by atoms with Crippen LogP contribution in [0.25, 0.3) is 11.0 Å². The first kappa shape index (κ1) is 14.9. The molecule has 1 aromatic heterocycles. The molecule has 3 rings (SSSR count). The molecule has 1 amide bonds. The van der Waals surface area contributed by atoms with Gasteiger partial charge in [-0.3, -0.25) is 4.79 Å². The molecule has 0 spiro atoms. The fraction of sp³-hybridized carbons (Fsp3) is 0.400. The van der Waals surface area contributed by atoms with E-state index in [1.54, 1.807) is 12.1 Å². The van der Waals surface area contributed by atoms with Gasteiger partial charge in [-0.15, -0.1) is 0 Å². The van der Waals surface area contributed by atoms with Crippen molar-refractivity contribution >= 4 is 26.7 Å². The van der Waals surface area contributed by atoms with E-state index in [1.165, 1.54) is 7.11 Å². The Hall–Kier alpha value is -2.02. The summed E-state index contributed by atoms with van der Waals surface area (Å²) in [5.41, 5.74) is 0.526. The van der Waals surface area contributed by atoms with E-state index >= 15 is 0 Å². The highest BCUT2D eigenvalue weighted by molar-refractivity contribution is 7.91. The average Bonchev–Trinajstić information content (AvgIpc) is 3.07. The molecule has 1 unspecified atom stereocenters. The Morgan fingerprint density at radius 3 is 2.95 bits per heavy atom. The number of sulfone groups is 1. The Bertz CT molecular complexity index is 808. The Labute approximate surface area is 128 Å². The van der Waals surface area contributed by atoms with E-state index in [0.717, 1.165) is 5.39 Å². The second-order valence-electron chi connectivity index (χ2n) is 5.47. The molecule has 1 saturated heterocycles. The number of ether oxygens (including phenoxy) is 1. The summed E-state index contributed by atoms with van der Waals surface area (Å²) in [6, 6.07) is 7.07. The number of para-hydroxylation sites is 1. The first-order valence-electron chi connectivity index (χ1n) is 7.04. The van der Waals surface area contributed by atoms with Crippen LogP contribution in [0.15, 0.2) is 28.7 Å². The van der Waals surface area contributed by atoms with Gasteiger partial charge in [-0.25, -0.2) is 8.42 Å². The molecule has 2 heterocycles. The summed E-state index contributed by atoms with van der Waals surface area (Å²) in [5.74, 6) is 0.741. The third-order valence-electron chi connectivity index (χ3n) is 3.83. The zero-order chi connectivity index (χ0) is 15.7. The van der Waals surface area contributed by atoms with Crippen LogP contribution < -0.4 is 10.1 Å². The van der Waals surface area contributed by atoms with Gasteiger partial charge >= 0.3 is 0 Å². The Kier molecular flexibility index (Phi) is 3.82. The maximum Gasteiger partial charge on any atom is 0.287 e. The Morgan fingerprint density at radius 1 is 1.45 bits per heavy atom. The SMILES string of the molecule is COc1cccc2cc(C(=O)NCC3CCS(=O)(=O)C3)oc12. The molecule has 0 radical (unpaired) electrons. The summed E-state index contributed by atoms with van der Waals surface area (Å²) in [6.45, 7) is 0.340. The molecule has 7 heteroatoms. The first-order valence-corrected chi connectivity index (χ1v) is 8.86. The minimum absolute atomic E-state index is 0.0205. The van der Waals surface area contributed by atoms with Crippen LogP contribution in [0.1, 0.15) is 17.0 Å². The minimum Gasteiger partial charge on any atom is -0.493 e. The zero-order valence-electron chi connectivity index (χ0n) is 12.2. The summed E-state index contributed by atoms with van der Waals surface area (Å²) < 4.78 is 33.5. The van der Waals surface area contributed by atoms with E-state index < -0.39 is 9.84 Å². The smallest absolute Gasteiger partial charge is 0.287 e. The van der Waals surface area contributed by atoms with Crippen molar-refractivity contribution < 1.29 is 22.4 Å². The van der Waals surface area contributed by atoms with Crippen LogP contribution in [-0.4, -0.2) is 39.5 Å². The van der Waals surface area contributed by atoms with E-state index in [0.29, 0.717) is 24.3 Å². The number of nitrogens with one attached hydrogen (secondary N) is 1. The van der Waals surface area contributed by atoms with Crippen molar-refractivity contribution in [3.8, 4) is 5.75 Å². The monoisotopic (exact) mass is 323 g/mol. The van der Waals surface area contributed by atoms with Gasteiger partial charge in [-0.1, -0.05) is 12.1 Å². The fourth-order valence-corrected chi connectivity index (χ4v) is 4.53. The fourth-order valence-electron chi connectivity index (χ4n) is 2.67. The Balaban J connectivity index is 1.70. The largest absolute Gasteiger partial charge is 0.493 e. The summed E-state index contributed by atoms with van der Waals surface area (Å²) in [7, 11) is -1.39. The molecular formula is C15H17NO5S. The molecule has 0 aliphatic carbocycles. The van der Waals surface area contributed by atoms with Gasteiger partial charge in [0.25, 0.3) is 5.91 Å². The number of benzene rings is 1. The maximum absolute atomic E-state index is 12.1. The van der Waals surface area contributed by atoms with Gasteiger partial charge in [0.05, 0.1) is 18.6 Å². The Morgan fingerprint density at radius 2 is 2.27 bits per heavy atom. The summed E-state index contributed by atoms with van der Waals surface area (Å²) in [5, 5.41) is 3.52. The molecule has 1 aliphatic rings. The van der Waals surface area contributed by atoms with Crippen molar-refractivity contribution in [2.75, 3.05) is 25.2 Å². The van der Waals surface area contributed by atoms with Crippen LogP contribution in [0.2, 0.25) is 0 Å². The van der Waals surface area contributed by atoms with Gasteiger partial charge < -0.3 is 14.5 Å². The molecular weight excluding hydrogens is 306 g/mol. The van der Waals surface area contributed by atoms with Gasteiger partial charge in [0.2, 0.25) is 0 Å². The molecule has 1 aromatic carbocycles. The van der Waals surface area contributed by atoms with Crippen molar-refractivity contribution in [3.63, 3.8) is 0 Å². The summed E-state index contributed by atoms with van der Waals surface area (Å²) in [4.78, 5) is 12.1. The van der Waals surface area contributed by atoms with Crippen molar-refractivity contribution in [3.05, 3.63) is 30.0 Å². The number of methoxy groups -OCH3 is 1. The zero-order valence-corrected chi connectivity index (χ0v) is 13.0. The molecule has 1 atom stereocenters. The molecule has 22 heavy (non-hydrogen) atoms. The lowest BCUT2D eigenvalue weighted by Crippen LogP contribution is -2.29. The molecule has 1 fully saturated rings. The van der Waals surface area contributed by atoms with Gasteiger partial charge in [0.15, 0.2) is 26.9 Å². The third-order valence-corrected chi connectivity index (χ3v) is 5.67. The molecule has 2 aromatic rings. The average molecular weight is 323 g/mol. The highest BCUT2D eigenvalue weighted by Gasteiger charge is 2.28. The van der Waals surface area contributed by atoms with E-state index in [2.05, 4.69) is 5.32 Å². The topological polar surface area (TPSA) is 85.6 Å². The second-order valence-corrected chi connectivity index (χ2v) is 7.70. The number of amides is 1. The van der Waals surface area contributed by atoms with E-state index in [9.17, 15) is 13.2 Å². The normalized spacial score (nSPS) is 20.1. The molecule has 6 nitrogen and oxygen atoms in total. The van der Waals surface area contributed by atoms with Crippen LogP contribution >= 0.6 is 0 Å². The number of rotatable bonds is 4. The number of carbonyl (C=O) groups excluding carboxylic acids is 1. The number of fused-ring (bicyclic) bond motifs is 1.